The molecule has 0 aliphatic rings. The summed E-state index contributed by atoms with van der Waals surface area (Å²) in [5.74, 6) is 0.144. The largest absolute Gasteiger partial charge is 0.407 e. The summed E-state index contributed by atoms with van der Waals surface area (Å²) in [7, 11) is 1.82. The van der Waals surface area contributed by atoms with Crippen LogP contribution < -0.4 is 10.6 Å². The highest BCUT2D eigenvalue weighted by atomic mass is 19.1. The molecule has 2 N–H and O–H groups in total. The molecule has 0 saturated heterocycles. The quantitative estimate of drug-likeness (QED) is 0.866. The van der Waals surface area contributed by atoms with Crippen LogP contribution in [0.3, 0.4) is 0 Å². The van der Waals surface area contributed by atoms with Crippen molar-refractivity contribution in [3.05, 3.63) is 41.5 Å². The van der Waals surface area contributed by atoms with Gasteiger partial charge in [-0.25, -0.2) is 4.39 Å². The molecule has 1 aromatic heterocycles. The van der Waals surface area contributed by atoms with Crippen molar-refractivity contribution in [1.29, 1.82) is 0 Å². The van der Waals surface area contributed by atoms with Crippen LogP contribution in [0.1, 0.15) is 11.5 Å². The highest BCUT2D eigenvalue weighted by molar-refractivity contribution is 5.27. The first-order valence-corrected chi connectivity index (χ1v) is 5.17. The molecule has 0 aliphatic carbocycles. The summed E-state index contributed by atoms with van der Waals surface area (Å²) >= 11 is 0. The molecule has 0 radical (unpaired) electrons. The molecule has 0 aliphatic heterocycles. The number of hydrogen-bond donors (Lipinski definition) is 1. The van der Waals surface area contributed by atoms with E-state index in [-0.39, 0.29) is 12.4 Å². The highest BCUT2D eigenvalue weighted by Gasteiger charge is 2.10. The molecule has 0 saturated carbocycles. The number of hydrogen-bond acceptors (Lipinski definition) is 5. The van der Waals surface area contributed by atoms with E-state index >= 15 is 0 Å². The smallest absolute Gasteiger partial charge is 0.318 e. The monoisotopic (exact) mass is 236 g/mol. The van der Waals surface area contributed by atoms with Crippen LogP contribution in [-0.2, 0) is 13.1 Å². The first kappa shape index (κ1) is 11.5. The van der Waals surface area contributed by atoms with Gasteiger partial charge in [-0.1, -0.05) is 17.2 Å². The zero-order chi connectivity index (χ0) is 12.3. The minimum atomic E-state index is -0.250. The van der Waals surface area contributed by atoms with Gasteiger partial charge in [0.1, 0.15) is 5.82 Å². The van der Waals surface area contributed by atoms with Gasteiger partial charge in [0.15, 0.2) is 0 Å². The van der Waals surface area contributed by atoms with Gasteiger partial charge in [-0.15, -0.1) is 5.10 Å². The Kier molecular flexibility index (Phi) is 3.34. The normalized spacial score (nSPS) is 10.5. The van der Waals surface area contributed by atoms with Crippen molar-refractivity contribution in [3.8, 4) is 0 Å². The number of anilines is 1. The second-order valence-electron chi connectivity index (χ2n) is 3.67. The van der Waals surface area contributed by atoms with Gasteiger partial charge in [0, 0.05) is 13.6 Å². The number of halogens is 1. The first-order valence-electron chi connectivity index (χ1n) is 5.17. The summed E-state index contributed by atoms with van der Waals surface area (Å²) in [6, 6.07) is 6.66. The molecule has 17 heavy (non-hydrogen) atoms. The van der Waals surface area contributed by atoms with E-state index in [9.17, 15) is 4.39 Å². The van der Waals surface area contributed by atoms with E-state index in [4.69, 9.17) is 10.2 Å². The molecule has 1 heterocycles. The lowest BCUT2D eigenvalue weighted by Gasteiger charge is -2.13. The molecular weight excluding hydrogens is 223 g/mol. The Morgan fingerprint density at radius 1 is 1.29 bits per heavy atom. The average Bonchev–Trinajstić information content (AvgIpc) is 2.81. The lowest BCUT2D eigenvalue weighted by Crippen LogP contribution is -2.16. The lowest BCUT2D eigenvalue weighted by atomic mass is 10.2. The van der Waals surface area contributed by atoms with Crippen LogP contribution in [0.5, 0.6) is 0 Å². The van der Waals surface area contributed by atoms with E-state index in [0.717, 1.165) is 5.56 Å². The summed E-state index contributed by atoms with van der Waals surface area (Å²) in [5.41, 5.74) is 6.34. The van der Waals surface area contributed by atoms with Crippen molar-refractivity contribution in [3.63, 3.8) is 0 Å². The Balaban J connectivity index is 2.05. The third-order valence-electron chi connectivity index (χ3n) is 2.29. The fourth-order valence-electron chi connectivity index (χ4n) is 1.41. The Morgan fingerprint density at radius 3 is 2.59 bits per heavy atom. The van der Waals surface area contributed by atoms with Crippen LogP contribution in [0.2, 0.25) is 0 Å². The van der Waals surface area contributed by atoms with Gasteiger partial charge in [-0.05, 0) is 17.7 Å². The third-order valence-corrected chi connectivity index (χ3v) is 2.29. The van der Waals surface area contributed by atoms with Crippen LogP contribution in [0, 0.1) is 5.82 Å². The minimum absolute atomic E-state index is 0.220. The van der Waals surface area contributed by atoms with Gasteiger partial charge in [-0.3, -0.25) is 0 Å². The number of nitrogens with zero attached hydrogens (tertiary/aromatic N) is 3. The topological polar surface area (TPSA) is 68.2 Å². The molecule has 0 fully saturated rings. The zero-order valence-corrected chi connectivity index (χ0v) is 9.43. The summed E-state index contributed by atoms with van der Waals surface area (Å²) in [5, 5.41) is 7.62. The average molecular weight is 236 g/mol. The molecule has 0 unspecified atom stereocenters. The SMILES string of the molecule is CN(Cc1ccc(F)cc1)c1nnc(CN)o1. The van der Waals surface area contributed by atoms with E-state index in [0.29, 0.717) is 18.5 Å². The van der Waals surface area contributed by atoms with Crippen molar-refractivity contribution >= 4 is 6.01 Å². The molecular formula is C11H13FN4O. The van der Waals surface area contributed by atoms with E-state index in [1.807, 2.05) is 7.05 Å². The van der Waals surface area contributed by atoms with Gasteiger partial charge in [0.05, 0.1) is 6.54 Å². The summed E-state index contributed by atoms with van der Waals surface area (Å²) in [6.45, 7) is 0.782. The Morgan fingerprint density at radius 2 is 2.00 bits per heavy atom. The Bertz CT molecular complexity index is 482. The zero-order valence-electron chi connectivity index (χ0n) is 9.43. The fraction of sp³-hybridized carbons (Fsp3) is 0.273. The summed E-state index contributed by atoms with van der Waals surface area (Å²) < 4.78 is 18.0. The van der Waals surface area contributed by atoms with Crippen LogP contribution >= 0.6 is 0 Å². The van der Waals surface area contributed by atoms with Gasteiger partial charge < -0.3 is 15.1 Å². The van der Waals surface area contributed by atoms with Crippen LogP contribution in [-0.4, -0.2) is 17.2 Å². The molecule has 0 amide bonds. The number of rotatable bonds is 4. The number of aromatic nitrogens is 2. The molecule has 0 bridgehead atoms. The molecule has 0 atom stereocenters. The number of benzene rings is 1. The first-order chi connectivity index (χ1) is 8.19. The van der Waals surface area contributed by atoms with E-state index < -0.39 is 0 Å². The fourth-order valence-corrected chi connectivity index (χ4v) is 1.41. The highest BCUT2D eigenvalue weighted by Crippen LogP contribution is 2.13. The Labute approximate surface area is 98.1 Å². The van der Waals surface area contributed by atoms with E-state index in [1.165, 1.54) is 12.1 Å². The van der Waals surface area contributed by atoms with Crippen LogP contribution in [0.15, 0.2) is 28.7 Å². The van der Waals surface area contributed by atoms with Gasteiger partial charge in [0.2, 0.25) is 5.89 Å². The summed E-state index contributed by atoms with van der Waals surface area (Å²) in [6.07, 6.45) is 0. The maximum Gasteiger partial charge on any atom is 0.318 e. The predicted octanol–water partition coefficient (Wildman–Crippen LogP) is 1.30. The van der Waals surface area contributed by atoms with Crippen molar-refractivity contribution in [1.82, 2.24) is 10.2 Å². The second kappa shape index (κ2) is 4.92. The van der Waals surface area contributed by atoms with Crippen LogP contribution in [0.25, 0.3) is 0 Å². The van der Waals surface area contributed by atoms with Gasteiger partial charge in [-0.2, -0.15) is 0 Å². The maximum atomic E-state index is 12.7. The predicted molar refractivity (Wildman–Crippen MR) is 60.7 cm³/mol. The summed E-state index contributed by atoms with van der Waals surface area (Å²) in [4.78, 5) is 1.78. The molecule has 2 aromatic rings. The molecule has 6 heteroatoms. The number of nitrogens with two attached hydrogens (primary N) is 1. The minimum Gasteiger partial charge on any atom is -0.407 e. The standard InChI is InChI=1S/C11H13FN4O/c1-16(11-15-14-10(6-13)17-11)7-8-2-4-9(12)5-3-8/h2-5H,6-7,13H2,1H3. The molecule has 90 valence electrons. The molecule has 0 spiro atoms. The lowest BCUT2D eigenvalue weighted by molar-refractivity contribution is 0.491. The third kappa shape index (κ3) is 2.79. The molecule has 2 rings (SSSR count). The van der Waals surface area contributed by atoms with Crippen LogP contribution in [0.4, 0.5) is 10.4 Å². The van der Waals surface area contributed by atoms with Gasteiger partial charge in [0.25, 0.3) is 0 Å². The van der Waals surface area contributed by atoms with E-state index in [2.05, 4.69) is 10.2 Å². The van der Waals surface area contributed by atoms with Crippen molar-refractivity contribution < 1.29 is 8.81 Å². The second-order valence-corrected chi connectivity index (χ2v) is 3.67. The molecule has 1 aromatic carbocycles. The van der Waals surface area contributed by atoms with Crippen molar-refractivity contribution in [2.75, 3.05) is 11.9 Å². The Hall–Kier alpha value is -1.95. The van der Waals surface area contributed by atoms with Crippen molar-refractivity contribution in [2.24, 2.45) is 5.73 Å². The van der Waals surface area contributed by atoms with Gasteiger partial charge >= 0.3 is 6.01 Å². The molecule has 5 nitrogen and oxygen atoms in total. The maximum absolute atomic E-state index is 12.7. The van der Waals surface area contributed by atoms with Crippen molar-refractivity contribution in [2.45, 2.75) is 13.1 Å². The van der Waals surface area contributed by atoms with E-state index in [1.54, 1.807) is 17.0 Å².